The lowest BCUT2D eigenvalue weighted by molar-refractivity contribution is 0.0382. The molecule has 0 saturated heterocycles. The number of aliphatic hydroxyl groups excluding tert-OH is 1. The van der Waals surface area contributed by atoms with E-state index in [4.69, 9.17) is 0 Å². The second kappa shape index (κ2) is 8.27. The average Bonchev–Trinajstić information content (AvgIpc) is 3.06. The summed E-state index contributed by atoms with van der Waals surface area (Å²) in [5.74, 6) is 4.45. The van der Waals surface area contributed by atoms with Gasteiger partial charge in [0, 0.05) is 0 Å². The Kier molecular flexibility index (Phi) is 6.17. The number of allylic oxidation sites excluding steroid dienone is 5. The molecule has 7 unspecified atom stereocenters. The highest BCUT2D eigenvalue weighted by Crippen LogP contribution is 2.66. The number of aliphatic hydroxyl groups is 1. The minimum atomic E-state index is -0.116. The fourth-order valence-electron chi connectivity index (χ4n) is 8.17. The topological polar surface area (TPSA) is 20.2 Å². The normalized spacial score (nSPS) is 42.9. The molecule has 8 atom stereocenters. The molecule has 0 aromatic heterocycles. The van der Waals surface area contributed by atoms with Crippen LogP contribution >= 0.6 is 0 Å². The molecular weight excluding hydrogens is 364 g/mol. The lowest BCUT2D eigenvalue weighted by Crippen LogP contribution is -2.46. The van der Waals surface area contributed by atoms with Gasteiger partial charge in [-0.2, -0.15) is 0 Å². The van der Waals surface area contributed by atoms with Crippen LogP contribution in [0.2, 0.25) is 0 Å². The first kappa shape index (κ1) is 22.4. The van der Waals surface area contributed by atoms with Crippen LogP contribution in [0.25, 0.3) is 0 Å². The SMILES string of the molecule is CCC(/C=C/C(C)C1CCC2C3=CC=C4C[C@@H](O)CCC4(C)C3CCC21C)C(C)C. The summed E-state index contributed by atoms with van der Waals surface area (Å²) in [6.45, 7) is 14.7. The van der Waals surface area contributed by atoms with Gasteiger partial charge in [-0.15, -0.1) is 0 Å². The third kappa shape index (κ3) is 3.58. The van der Waals surface area contributed by atoms with Gasteiger partial charge in [0.05, 0.1) is 6.10 Å². The molecule has 0 aromatic carbocycles. The van der Waals surface area contributed by atoms with Crippen molar-refractivity contribution in [1.82, 2.24) is 0 Å². The van der Waals surface area contributed by atoms with E-state index in [1.807, 2.05) is 0 Å². The van der Waals surface area contributed by atoms with Crippen molar-refractivity contribution in [2.75, 3.05) is 0 Å². The molecule has 0 amide bonds. The minimum Gasteiger partial charge on any atom is -0.393 e. The summed E-state index contributed by atoms with van der Waals surface area (Å²) < 4.78 is 0. The molecule has 4 aliphatic carbocycles. The molecule has 0 aliphatic heterocycles. The van der Waals surface area contributed by atoms with Crippen LogP contribution in [0.1, 0.15) is 92.9 Å². The fraction of sp³-hybridized carbons (Fsp3) is 0.793. The quantitative estimate of drug-likeness (QED) is 0.460. The zero-order valence-corrected chi connectivity index (χ0v) is 20.5. The van der Waals surface area contributed by atoms with Crippen molar-refractivity contribution in [2.45, 2.75) is 99.0 Å². The Bertz CT molecular complexity index is 727. The monoisotopic (exact) mass is 410 g/mol. The molecule has 0 bridgehead atoms. The molecule has 0 radical (unpaired) electrons. The molecule has 168 valence electrons. The zero-order chi connectivity index (χ0) is 21.7. The minimum absolute atomic E-state index is 0.116. The predicted octanol–water partition coefficient (Wildman–Crippen LogP) is 7.72. The third-order valence-corrected chi connectivity index (χ3v) is 10.2. The fourth-order valence-corrected chi connectivity index (χ4v) is 8.17. The van der Waals surface area contributed by atoms with Crippen molar-refractivity contribution in [1.29, 1.82) is 0 Å². The van der Waals surface area contributed by atoms with Crippen LogP contribution in [0.4, 0.5) is 0 Å². The maximum Gasteiger partial charge on any atom is 0.0578 e. The summed E-state index contributed by atoms with van der Waals surface area (Å²) in [6.07, 6.45) is 19.7. The van der Waals surface area contributed by atoms with Gasteiger partial charge in [0.2, 0.25) is 0 Å². The molecular formula is C29H46O. The van der Waals surface area contributed by atoms with Gasteiger partial charge in [-0.25, -0.2) is 0 Å². The van der Waals surface area contributed by atoms with Crippen molar-refractivity contribution in [3.8, 4) is 0 Å². The largest absolute Gasteiger partial charge is 0.393 e. The Hall–Kier alpha value is -0.820. The highest BCUT2D eigenvalue weighted by Gasteiger charge is 2.56. The van der Waals surface area contributed by atoms with E-state index in [-0.39, 0.29) is 6.10 Å². The van der Waals surface area contributed by atoms with E-state index in [1.165, 1.54) is 44.1 Å². The second-order valence-corrected chi connectivity index (χ2v) is 12.1. The van der Waals surface area contributed by atoms with Crippen molar-refractivity contribution in [3.05, 3.63) is 35.5 Å². The summed E-state index contributed by atoms with van der Waals surface area (Å²) in [5, 5.41) is 10.2. The van der Waals surface area contributed by atoms with E-state index in [1.54, 1.807) is 5.57 Å². The smallest absolute Gasteiger partial charge is 0.0578 e. The van der Waals surface area contributed by atoms with Crippen LogP contribution in [0.3, 0.4) is 0 Å². The third-order valence-electron chi connectivity index (χ3n) is 10.2. The van der Waals surface area contributed by atoms with E-state index >= 15 is 0 Å². The molecule has 1 N–H and O–H groups in total. The molecule has 3 fully saturated rings. The Labute approximate surface area is 186 Å². The summed E-state index contributed by atoms with van der Waals surface area (Å²) in [5.41, 5.74) is 4.07. The van der Waals surface area contributed by atoms with Crippen molar-refractivity contribution in [2.24, 2.45) is 46.3 Å². The molecule has 0 spiro atoms. The van der Waals surface area contributed by atoms with Crippen LogP contribution in [0, 0.1) is 46.3 Å². The first-order chi connectivity index (χ1) is 14.2. The molecule has 0 heterocycles. The lowest BCUT2D eigenvalue weighted by atomic mass is 9.50. The molecule has 1 nitrogen and oxygen atoms in total. The summed E-state index contributed by atoms with van der Waals surface area (Å²) in [4.78, 5) is 0. The Morgan fingerprint density at radius 3 is 2.47 bits per heavy atom. The van der Waals surface area contributed by atoms with Gasteiger partial charge in [-0.3, -0.25) is 0 Å². The molecule has 0 aromatic rings. The van der Waals surface area contributed by atoms with Gasteiger partial charge in [-0.1, -0.05) is 77.0 Å². The average molecular weight is 411 g/mol. The van der Waals surface area contributed by atoms with Gasteiger partial charge in [-0.05, 0) is 97.7 Å². The van der Waals surface area contributed by atoms with E-state index in [0.29, 0.717) is 16.7 Å². The van der Waals surface area contributed by atoms with Crippen LogP contribution in [0.15, 0.2) is 35.5 Å². The summed E-state index contributed by atoms with van der Waals surface area (Å²) in [6, 6.07) is 0. The Morgan fingerprint density at radius 2 is 1.77 bits per heavy atom. The molecule has 1 heteroatoms. The van der Waals surface area contributed by atoms with E-state index in [9.17, 15) is 5.11 Å². The van der Waals surface area contributed by atoms with Gasteiger partial charge in [0.25, 0.3) is 0 Å². The van der Waals surface area contributed by atoms with E-state index in [0.717, 1.165) is 42.4 Å². The number of hydrogen-bond acceptors (Lipinski definition) is 1. The first-order valence-corrected chi connectivity index (χ1v) is 13.0. The highest BCUT2D eigenvalue weighted by atomic mass is 16.3. The van der Waals surface area contributed by atoms with E-state index in [2.05, 4.69) is 65.8 Å². The standard InChI is InChI=1S/C29H46O/c1-7-21(19(2)3)9-8-20(4)25-12-13-26-24-11-10-22-18-23(30)14-16-28(22,5)27(24)15-17-29(25,26)6/h8-11,19-21,23,25-27,30H,7,12-18H2,1-6H3/b9-8+/t20?,21?,23-,25?,26?,27?,28?,29?/m0/s1. The number of hydrogen-bond donors (Lipinski definition) is 1. The van der Waals surface area contributed by atoms with Gasteiger partial charge < -0.3 is 5.11 Å². The molecule has 4 rings (SSSR count). The summed E-state index contributed by atoms with van der Waals surface area (Å²) in [7, 11) is 0. The van der Waals surface area contributed by atoms with Crippen LogP contribution in [0.5, 0.6) is 0 Å². The maximum absolute atomic E-state index is 10.2. The van der Waals surface area contributed by atoms with Crippen molar-refractivity contribution < 1.29 is 5.11 Å². The van der Waals surface area contributed by atoms with Crippen LogP contribution < -0.4 is 0 Å². The van der Waals surface area contributed by atoms with Crippen molar-refractivity contribution >= 4 is 0 Å². The number of rotatable bonds is 5. The summed E-state index contributed by atoms with van der Waals surface area (Å²) >= 11 is 0. The lowest BCUT2D eigenvalue weighted by Gasteiger charge is -2.55. The maximum atomic E-state index is 10.2. The van der Waals surface area contributed by atoms with Crippen molar-refractivity contribution in [3.63, 3.8) is 0 Å². The highest BCUT2D eigenvalue weighted by molar-refractivity contribution is 5.39. The molecule has 4 aliphatic rings. The van der Waals surface area contributed by atoms with E-state index < -0.39 is 0 Å². The number of fused-ring (bicyclic) bond motifs is 5. The van der Waals surface area contributed by atoms with Crippen LogP contribution in [-0.2, 0) is 0 Å². The Morgan fingerprint density at radius 1 is 1.00 bits per heavy atom. The first-order valence-electron chi connectivity index (χ1n) is 13.0. The van der Waals surface area contributed by atoms with Crippen LogP contribution in [-0.4, -0.2) is 11.2 Å². The zero-order valence-electron chi connectivity index (χ0n) is 20.5. The van der Waals surface area contributed by atoms with Gasteiger partial charge in [0.15, 0.2) is 0 Å². The second-order valence-electron chi connectivity index (χ2n) is 12.1. The Balaban J connectivity index is 1.56. The molecule has 30 heavy (non-hydrogen) atoms. The predicted molar refractivity (Wildman–Crippen MR) is 128 cm³/mol. The molecule has 3 saturated carbocycles. The van der Waals surface area contributed by atoms with Gasteiger partial charge >= 0.3 is 0 Å². The van der Waals surface area contributed by atoms with Gasteiger partial charge in [0.1, 0.15) is 0 Å².